The van der Waals surface area contributed by atoms with Crippen LogP contribution in [0.2, 0.25) is 5.02 Å². The summed E-state index contributed by atoms with van der Waals surface area (Å²) in [5.74, 6) is -0.615. The number of pyridine rings is 1. The number of aliphatic hydroxyl groups excluding tert-OH is 1. The summed E-state index contributed by atoms with van der Waals surface area (Å²) in [6.45, 7) is 4.78. The summed E-state index contributed by atoms with van der Waals surface area (Å²) in [6, 6.07) is 27.9. The number of hydrogen-bond acceptors (Lipinski definition) is 13. The Bertz CT molecular complexity index is 2810. The number of sulfonamides is 1. The number of nitro groups is 1. The summed E-state index contributed by atoms with van der Waals surface area (Å²) in [5, 5.41) is 28.3. The molecule has 3 aliphatic rings. The highest BCUT2D eigenvalue weighted by atomic mass is 35.5. The number of carbonyl (C=O) groups excluding carboxylic acids is 1. The van der Waals surface area contributed by atoms with Crippen LogP contribution in [-0.2, 0) is 19.5 Å². The van der Waals surface area contributed by atoms with Gasteiger partial charge in [-0.3, -0.25) is 14.9 Å². The Labute approximate surface area is 374 Å². The van der Waals surface area contributed by atoms with Crippen LogP contribution in [0.5, 0.6) is 5.88 Å². The number of halogens is 1. The standard InChI is InChI=1S/C46H46ClN7O9S/c1-28-26-53(42-22-31-14-17-48-44(31)50-46(42)63-28)40-23-33(52-18-15-30(16-19-52)43(55)37-5-3-2-4-36(37)29-6-8-32(47)9-7-29)10-12-38(40)45(56)51-64(59,60)35-11-13-39(41(24-35)54(57)58)49-25-34-27-61-20-21-62-34/h2-14,17,22-24,28,30,34,43,49,55H,15-16,18-21,25-27H2,1H3,(H,48,50)(H,51,56)/t28-,34+,43?/m0/s1. The molecule has 0 saturated carbocycles. The Balaban J connectivity index is 0.996. The van der Waals surface area contributed by atoms with Crippen LogP contribution in [0.4, 0.5) is 28.4 Å². The van der Waals surface area contributed by atoms with Gasteiger partial charge < -0.3 is 39.4 Å². The maximum absolute atomic E-state index is 14.3. The highest BCUT2D eigenvalue weighted by Crippen LogP contribution is 2.43. The second-order valence-corrected chi connectivity index (χ2v) is 18.3. The van der Waals surface area contributed by atoms with Crippen LogP contribution in [-0.4, -0.2) is 92.5 Å². The fraction of sp³-hybridized carbons (Fsp3) is 0.304. The first-order valence-electron chi connectivity index (χ1n) is 21.0. The number of H-pyrrole nitrogens is 1. The molecule has 0 bridgehead atoms. The number of carbonyl (C=O) groups is 1. The number of benzene rings is 4. The van der Waals surface area contributed by atoms with Crippen molar-refractivity contribution in [1.82, 2.24) is 14.7 Å². The lowest BCUT2D eigenvalue weighted by Gasteiger charge is -2.38. The normalized spacial score (nSPS) is 18.5. The molecule has 4 N–H and O–H groups in total. The Hall–Kier alpha value is -6.24. The summed E-state index contributed by atoms with van der Waals surface area (Å²) >= 11 is 6.17. The topological polar surface area (TPSA) is 201 Å². The molecule has 4 aromatic carbocycles. The van der Waals surface area contributed by atoms with Gasteiger partial charge in [-0.2, -0.15) is 4.98 Å². The van der Waals surface area contributed by atoms with Gasteiger partial charge in [-0.15, -0.1) is 0 Å². The highest BCUT2D eigenvalue weighted by Gasteiger charge is 2.33. The van der Waals surface area contributed by atoms with Crippen LogP contribution >= 0.6 is 11.6 Å². The second-order valence-electron chi connectivity index (χ2n) is 16.2. The molecule has 2 fully saturated rings. The van der Waals surface area contributed by atoms with Gasteiger partial charge in [0.25, 0.3) is 21.6 Å². The lowest BCUT2D eigenvalue weighted by atomic mass is 9.84. The third-order valence-electron chi connectivity index (χ3n) is 11.9. The molecule has 5 heterocycles. The first kappa shape index (κ1) is 43.0. The number of nitrogens with zero attached hydrogens (tertiary/aromatic N) is 4. The van der Waals surface area contributed by atoms with Crippen molar-refractivity contribution >= 4 is 67.0 Å². The molecule has 3 aliphatic heterocycles. The first-order chi connectivity index (χ1) is 30.9. The van der Waals surface area contributed by atoms with Gasteiger partial charge in [0, 0.05) is 48.0 Å². The third-order valence-corrected chi connectivity index (χ3v) is 13.5. The summed E-state index contributed by atoms with van der Waals surface area (Å²) in [4.78, 5) is 37.2. The molecule has 3 atom stereocenters. The van der Waals surface area contributed by atoms with E-state index in [4.69, 9.17) is 30.8 Å². The highest BCUT2D eigenvalue weighted by molar-refractivity contribution is 7.90. The Morgan fingerprint density at radius 1 is 1.02 bits per heavy atom. The SMILES string of the molecule is C[C@H]1CN(c2cc(N3CCC(C(O)c4ccccc4-c4ccc(Cl)cc4)CC3)ccc2C(=O)NS(=O)(=O)c2ccc(NC[C@@H]3COCCO3)c([N+](=O)[O-])c2)c2cc3cc[nH]c3nc2O1. The van der Waals surface area contributed by atoms with Gasteiger partial charge in [0.2, 0.25) is 5.88 Å². The fourth-order valence-corrected chi connectivity index (χ4v) is 9.76. The zero-order chi connectivity index (χ0) is 44.5. The molecular formula is C46H46ClN7O9S. The molecule has 9 rings (SSSR count). The predicted octanol–water partition coefficient (Wildman–Crippen LogP) is 7.61. The molecular weight excluding hydrogens is 862 g/mol. The first-order valence-corrected chi connectivity index (χ1v) is 22.9. The molecule has 332 valence electrons. The van der Waals surface area contributed by atoms with E-state index in [0.29, 0.717) is 80.2 Å². The Morgan fingerprint density at radius 3 is 2.58 bits per heavy atom. The van der Waals surface area contributed by atoms with Gasteiger partial charge in [0.05, 0.1) is 59.6 Å². The molecule has 0 spiro atoms. The van der Waals surface area contributed by atoms with Crippen molar-refractivity contribution in [2.45, 2.75) is 43.0 Å². The number of aromatic amines is 1. The average molecular weight is 908 g/mol. The number of ether oxygens (including phenoxy) is 3. The third kappa shape index (κ3) is 8.94. The Kier molecular flexibility index (Phi) is 12.2. The zero-order valence-corrected chi connectivity index (χ0v) is 36.3. The van der Waals surface area contributed by atoms with Crippen molar-refractivity contribution in [3.63, 3.8) is 0 Å². The summed E-state index contributed by atoms with van der Waals surface area (Å²) < 4.78 is 47.1. The van der Waals surface area contributed by atoms with Gasteiger partial charge in [-0.1, -0.05) is 48.0 Å². The lowest BCUT2D eigenvalue weighted by Crippen LogP contribution is -2.38. The van der Waals surface area contributed by atoms with E-state index >= 15 is 0 Å². The number of nitrogens with one attached hydrogen (secondary N) is 3. The molecule has 0 aliphatic carbocycles. The number of amides is 1. The van der Waals surface area contributed by atoms with Crippen molar-refractivity contribution in [2.24, 2.45) is 5.92 Å². The summed E-state index contributed by atoms with van der Waals surface area (Å²) in [5.41, 5.74) is 4.84. The summed E-state index contributed by atoms with van der Waals surface area (Å²) in [7, 11) is -4.62. The van der Waals surface area contributed by atoms with Gasteiger partial charge in [-0.05, 0) is 97.0 Å². The minimum atomic E-state index is -4.62. The van der Waals surface area contributed by atoms with E-state index in [1.807, 2.05) is 78.6 Å². The lowest BCUT2D eigenvalue weighted by molar-refractivity contribution is -0.384. The van der Waals surface area contributed by atoms with Crippen molar-refractivity contribution < 1.29 is 37.5 Å². The van der Waals surface area contributed by atoms with Crippen molar-refractivity contribution in [3.05, 3.63) is 130 Å². The monoisotopic (exact) mass is 907 g/mol. The summed E-state index contributed by atoms with van der Waals surface area (Å²) in [6.07, 6.45) is 1.72. The quantitative estimate of drug-likeness (QED) is 0.0691. The number of aromatic nitrogens is 2. The number of rotatable bonds is 12. The molecule has 16 nitrogen and oxygen atoms in total. The number of fused-ring (bicyclic) bond motifs is 2. The van der Waals surface area contributed by atoms with Crippen LogP contribution in [0.15, 0.2) is 108 Å². The molecule has 6 aromatic rings. The fourth-order valence-electron chi connectivity index (χ4n) is 8.65. The van der Waals surface area contributed by atoms with Crippen LogP contribution in [0.1, 0.15) is 41.8 Å². The number of anilines is 4. The van der Waals surface area contributed by atoms with Crippen LogP contribution in [0, 0.1) is 16.0 Å². The molecule has 2 aromatic heterocycles. The van der Waals surface area contributed by atoms with Crippen LogP contribution < -0.4 is 24.6 Å². The second kappa shape index (κ2) is 18.1. The number of nitro benzene ring substituents is 1. The molecule has 18 heteroatoms. The minimum absolute atomic E-state index is 0.0255. The Morgan fingerprint density at radius 2 is 1.81 bits per heavy atom. The van der Waals surface area contributed by atoms with Gasteiger partial charge in [0.1, 0.15) is 23.1 Å². The van der Waals surface area contributed by atoms with Gasteiger partial charge in [0.15, 0.2) is 0 Å². The largest absolute Gasteiger partial charge is 0.471 e. The number of piperidine rings is 1. The van der Waals surface area contributed by atoms with E-state index in [-0.39, 0.29) is 35.9 Å². The van der Waals surface area contributed by atoms with E-state index in [9.17, 15) is 28.4 Å². The maximum atomic E-state index is 14.3. The van der Waals surface area contributed by atoms with E-state index < -0.39 is 37.5 Å². The molecule has 1 unspecified atom stereocenters. The molecule has 2 saturated heterocycles. The molecule has 1 amide bonds. The van der Waals surface area contributed by atoms with Crippen molar-refractivity contribution in [1.29, 1.82) is 0 Å². The van der Waals surface area contributed by atoms with E-state index in [0.717, 1.165) is 33.8 Å². The van der Waals surface area contributed by atoms with Crippen molar-refractivity contribution in [3.8, 4) is 17.0 Å². The zero-order valence-electron chi connectivity index (χ0n) is 34.8. The van der Waals surface area contributed by atoms with Gasteiger partial charge >= 0.3 is 0 Å². The van der Waals surface area contributed by atoms with E-state index in [1.165, 1.54) is 12.1 Å². The smallest absolute Gasteiger partial charge is 0.293 e. The maximum Gasteiger partial charge on any atom is 0.293 e. The minimum Gasteiger partial charge on any atom is -0.471 e. The van der Waals surface area contributed by atoms with E-state index in [1.54, 1.807) is 18.3 Å². The number of hydrogen-bond donors (Lipinski definition) is 4. The van der Waals surface area contributed by atoms with E-state index in [2.05, 4.69) is 19.9 Å². The van der Waals surface area contributed by atoms with Crippen LogP contribution in [0.25, 0.3) is 22.2 Å². The molecule has 64 heavy (non-hydrogen) atoms. The van der Waals surface area contributed by atoms with Crippen molar-refractivity contribution in [2.75, 3.05) is 61.1 Å². The predicted molar refractivity (Wildman–Crippen MR) is 243 cm³/mol. The molecule has 0 radical (unpaired) electrons. The number of aliphatic hydroxyl groups is 1. The average Bonchev–Trinajstić information content (AvgIpc) is 3.77. The van der Waals surface area contributed by atoms with Crippen LogP contribution in [0.3, 0.4) is 0 Å². The van der Waals surface area contributed by atoms with Gasteiger partial charge in [-0.25, -0.2) is 13.1 Å².